The van der Waals surface area contributed by atoms with E-state index in [2.05, 4.69) is 11.4 Å². The highest BCUT2D eigenvalue weighted by Crippen LogP contribution is 2.32. The fourth-order valence-electron chi connectivity index (χ4n) is 4.66. The maximum Gasteiger partial charge on any atom is 0.328 e. The summed E-state index contributed by atoms with van der Waals surface area (Å²) in [5.41, 5.74) is 4.59. The van der Waals surface area contributed by atoms with Crippen molar-refractivity contribution in [1.82, 2.24) is 4.90 Å². The summed E-state index contributed by atoms with van der Waals surface area (Å²) in [6.45, 7) is 7.83. The number of carbonyl (C=O) groups is 3. The zero-order valence-corrected chi connectivity index (χ0v) is 22.2. The third kappa shape index (κ3) is 5.16. The van der Waals surface area contributed by atoms with E-state index in [4.69, 9.17) is 4.74 Å². The molecule has 0 fully saturated rings. The molecule has 38 heavy (non-hydrogen) atoms. The summed E-state index contributed by atoms with van der Waals surface area (Å²) < 4.78 is 4.94. The standard InChI is InChI=1S/C31H31N3O4/c1-19(2)27(30(37)38-5)34-17-23-7-6-22(16-26(23)29(34)36)20-10-14-25(15-11-20)33-28(35)21-8-12-24(13-9-21)31(3,4)18-32/h6-16,19,27H,17H2,1-5H3,(H,33,35). The molecule has 0 bridgehead atoms. The molecule has 194 valence electrons. The number of carbonyl (C=O) groups excluding carboxylic acids is 3. The Hall–Kier alpha value is -4.44. The Balaban J connectivity index is 1.48. The van der Waals surface area contributed by atoms with Gasteiger partial charge in [-0.25, -0.2) is 4.79 Å². The summed E-state index contributed by atoms with van der Waals surface area (Å²) in [4.78, 5) is 39.8. The molecule has 1 N–H and O–H groups in total. The molecule has 7 heteroatoms. The van der Waals surface area contributed by atoms with Gasteiger partial charge in [0.05, 0.1) is 18.6 Å². The number of amides is 2. The lowest BCUT2D eigenvalue weighted by Gasteiger charge is -2.28. The molecule has 3 aromatic carbocycles. The first-order chi connectivity index (χ1) is 18.1. The smallest absolute Gasteiger partial charge is 0.328 e. The van der Waals surface area contributed by atoms with Crippen molar-refractivity contribution in [3.05, 3.63) is 89.0 Å². The molecule has 0 radical (unpaired) electrons. The van der Waals surface area contributed by atoms with E-state index in [1.165, 1.54) is 7.11 Å². The van der Waals surface area contributed by atoms with E-state index in [1.807, 2.05) is 70.2 Å². The molecule has 1 atom stereocenters. The van der Waals surface area contributed by atoms with E-state index in [9.17, 15) is 19.6 Å². The number of methoxy groups -OCH3 is 1. The molecule has 0 aliphatic carbocycles. The molecule has 1 aliphatic heterocycles. The minimum atomic E-state index is -0.639. The van der Waals surface area contributed by atoms with Gasteiger partial charge in [0.2, 0.25) is 0 Å². The van der Waals surface area contributed by atoms with Crippen LogP contribution in [0.4, 0.5) is 5.69 Å². The summed E-state index contributed by atoms with van der Waals surface area (Å²) in [5, 5.41) is 12.2. The van der Waals surface area contributed by atoms with Gasteiger partial charge < -0.3 is 15.0 Å². The minimum absolute atomic E-state index is 0.0785. The van der Waals surface area contributed by atoms with E-state index >= 15 is 0 Å². The van der Waals surface area contributed by atoms with Crippen LogP contribution in [-0.4, -0.2) is 35.8 Å². The second-order valence-corrected chi connectivity index (χ2v) is 10.4. The molecule has 0 spiro atoms. The van der Waals surface area contributed by atoms with E-state index < -0.39 is 17.4 Å². The van der Waals surface area contributed by atoms with Gasteiger partial charge in [-0.2, -0.15) is 5.26 Å². The highest BCUT2D eigenvalue weighted by Gasteiger charge is 2.38. The Bertz CT molecular complexity index is 1420. The van der Waals surface area contributed by atoms with Crippen molar-refractivity contribution < 1.29 is 19.1 Å². The number of anilines is 1. The predicted octanol–water partition coefficient (Wildman–Crippen LogP) is 5.56. The monoisotopic (exact) mass is 509 g/mol. The highest BCUT2D eigenvalue weighted by molar-refractivity contribution is 6.04. The van der Waals surface area contributed by atoms with Gasteiger partial charge >= 0.3 is 5.97 Å². The number of hydrogen-bond donors (Lipinski definition) is 1. The summed E-state index contributed by atoms with van der Waals surface area (Å²) in [5.74, 6) is -0.919. The van der Waals surface area contributed by atoms with Crippen molar-refractivity contribution in [2.45, 2.75) is 45.7 Å². The fourth-order valence-corrected chi connectivity index (χ4v) is 4.66. The van der Waals surface area contributed by atoms with Gasteiger partial charge in [0.15, 0.2) is 0 Å². The number of nitrogens with one attached hydrogen (secondary N) is 1. The Morgan fingerprint density at radius 2 is 1.63 bits per heavy atom. The molecule has 1 heterocycles. The summed E-state index contributed by atoms with van der Waals surface area (Å²) >= 11 is 0. The zero-order chi connectivity index (χ0) is 27.6. The van der Waals surface area contributed by atoms with E-state index in [1.54, 1.807) is 29.2 Å². The zero-order valence-electron chi connectivity index (χ0n) is 22.2. The molecule has 0 saturated carbocycles. The molecule has 7 nitrogen and oxygen atoms in total. The lowest BCUT2D eigenvalue weighted by molar-refractivity contribution is -0.147. The molecule has 0 aromatic heterocycles. The van der Waals surface area contributed by atoms with Crippen molar-refractivity contribution >= 4 is 23.5 Å². The van der Waals surface area contributed by atoms with Crippen LogP contribution >= 0.6 is 0 Å². The van der Waals surface area contributed by atoms with Gasteiger partial charge in [0.25, 0.3) is 11.8 Å². The van der Waals surface area contributed by atoms with E-state index in [0.717, 1.165) is 22.3 Å². The predicted molar refractivity (Wildman–Crippen MR) is 145 cm³/mol. The fraction of sp³-hybridized carbons (Fsp3) is 0.290. The van der Waals surface area contributed by atoms with Crippen molar-refractivity contribution in [2.75, 3.05) is 12.4 Å². The van der Waals surface area contributed by atoms with E-state index in [-0.39, 0.29) is 17.7 Å². The van der Waals surface area contributed by atoms with Crippen LogP contribution in [0, 0.1) is 17.2 Å². The summed E-state index contributed by atoms with van der Waals surface area (Å²) in [7, 11) is 1.34. The van der Waals surface area contributed by atoms with Crippen LogP contribution in [0.1, 0.15) is 59.5 Å². The van der Waals surface area contributed by atoms with Crippen LogP contribution in [0.3, 0.4) is 0 Å². The second kappa shape index (κ2) is 10.5. The van der Waals surface area contributed by atoms with Crippen LogP contribution in [0.25, 0.3) is 11.1 Å². The molecular weight excluding hydrogens is 478 g/mol. The SMILES string of the molecule is COC(=O)C(C(C)C)N1Cc2ccc(-c3ccc(NC(=O)c4ccc(C(C)(C)C#N)cc4)cc3)cc2C1=O. The molecule has 1 aliphatic rings. The van der Waals surface area contributed by atoms with Gasteiger partial charge in [-0.1, -0.05) is 50.2 Å². The summed E-state index contributed by atoms with van der Waals surface area (Å²) in [6.07, 6.45) is 0. The van der Waals surface area contributed by atoms with Crippen LogP contribution in [-0.2, 0) is 21.5 Å². The Labute approximate surface area is 223 Å². The van der Waals surface area contributed by atoms with Crippen molar-refractivity contribution in [1.29, 1.82) is 5.26 Å². The molecule has 1 unspecified atom stereocenters. The lowest BCUT2D eigenvalue weighted by Crippen LogP contribution is -2.45. The molecule has 0 saturated heterocycles. The number of nitriles is 1. The van der Waals surface area contributed by atoms with Crippen molar-refractivity contribution in [3.63, 3.8) is 0 Å². The summed E-state index contributed by atoms with van der Waals surface area (Å²) in [6, 6.07) is 21.8. The van der Waals surface area contributed by atoms with Gasteiger partial charge in [-0.05, 0) is 72.4 Å². The molecular formula is C31H31N3O4. The van der Waals surface area contributed by atoms with Gasteiger partial charge in [-0.15, -0.1) is 0 Å². The average Bonchev–Trinajstić information content (AvgIpc) is 3.23. The number of benzene rings is 3. The molecule has 3 aromatic rings. The third-order valence-corrected chi connectivity index (χ3v) is 6.98. The number of nitrogens with zero attached hydrogens (tertiary/aromatic N) is 2. The first kappa shape index (κ1) is 26.6. The number of rotatable bonds is 7. The van der Waals surface area contributed by atoms with Crippen molar-refractivity contribution in [2.24, 2.45) is 5.92 Å². The molecule has 2 amide bonds. The first-order valence-electron chi connectivity index (χ1n) is 12.5. The average molecular weight is 510 g/mol. The van der Waals surface area contributed by atoms with E-state index in [0.29, 0.717) is 23.4 Å². The van der Waals surface area contributed by atoms with Crippen molar-refractivity contribution in [3.8, 4) is 17.2 Å². The first-order valence-corrected chi connectivity index (χ1v) is 12.5. The lowest BCUT2D eigenvalue weighted by atomic mass is 9.86. The van der Waals surface area contributed by atoms with Crippen LogP contribution in [0.2, 0.25) is 0 Å². The van der Waals surface area contributed by atoms with Crippen LogP contribution in [0.15, 0.2) is 66.7 Å². The van der Waals surface area contributed by atoms with Crippen LogP contribution in [0.5, 0.6) is 0 Å². The number of ether oxygens (including phenoxy) is 1. The Kier molecular flexibility index (Phi) is 7.36. The van der Waals surface area contributed by atoms with Crippen LogP contribution < -0.4 is 5.32 Å². The third-order valence-electron chi connectivity index (χ3n) is 6.98. The maximum absolute atomic E-state index is 13.2. The number of esters is 1. The largest absolute Gasteiger partial charge is 0.467 e. The normalized spacial score (nSPS) is 13.6. The minimum Gasteiger partial charge on any atom is -0.467 e. The number of hydrogen-bond acceptors (Lipinski definition) is 5. The number of fused-ring (bicyclic) bond motifs is 1. The quantitative estimate of drug-likeness (QED) is 0.420. The highest BCUT2D eigenvalue weighted by atomic mass is 16.5. The Morgan fingerprint density at radius 1 is 1.00 bits per heavy atom. The van der Waals surface area contributed by atoms with Gasteiger partial charge in [0.1, 0.15) is 6.04 Å². The molecule has 4 rings (SSSR count). The topological polar surface area (TPSA) is 99.5 Å². The maximum atomic E-state index is 13.2. The van der Waals surface area contributed by atoms with Gasteiger partial charge in [0, 0.05) is 23.4 Å². The Morgan fingerprint density at radius 3 is 2.21 bits per heavy atom. The second-order valence-electron chi connectivity index (χ2n) is 10.4. The van der Waals surface area contributed by atoms with Gasteiger partial charge in [-0.3, -0.25) is 9.59 Å².